The summed E-state index contributed by atoms with van der Waals surface area (Å²) in [6.07, 6.45) is 2.42. The van der Waals surface area contributed by atoms with Gasteiger partial charge in [0.15, 0.2) is 5.96 Å². The van der Waals surface area contributed by atoms with Crippen LogP contribution in [-0.2, 0) is 11.2 Å². The van der Waals surface area contributed by atoms with Crippen molar-refractivity contribution < 1.29 is 14.3 Å². The van der Waals surface area contributed by atoms with E-state index in [9.17, 15) is 9.59 Å². The Morgan fingerprint density at radius 2 is 1.88 bits per heavy atom. The molecule has 0 bridgehead atoms. The summed E-state index contributed by atoms with van der Waals surface area (Å²) >= 11 is 0. The topological polar surface area (TPSA) is 95.1 Å². The first-order valence-electron chi connectivity index (χ1n) is 11.5. The van der Waals surface area contributed by atoms with Crippen molar-refractivity contribution in [1.29, 1.82) is 0 Å². The van der Waals surface area contributed by atoms with E-state index in [0.717, 1.165) is 50.4 Å². The van der Waals surface area contributed by atoms with E-state index in [0.29, 0.717) is 24.6 Å². The van der Waals surface area contributed by atoms with E-state index >= 15 is 0 Å². The standard InChI is InChI=1S/C24H39N5O3.HI/c1-6-26-22(27-13-10-18-8-7-9-20(16-18)21(30)25-5)28-17-19-11-14-29(15-12-19)23(31)32-24(2,3)4;/h7-9,16,19H,6,10-15,17H2,1-5H3,(H,25,30)(H2,26,27,28);1H. The van der Waals surface area contributed by atoms with Gasteiger partial charge in [-0.2, -0.15) is 0 Å². The SMILES string of the molecule is CCNC(=NCC1CCN(C(=O)OC(C)(C)C)CC1)NCCc1cccc(C(=O)NC)c1.I. The molecule has 3 N–H and O–H groups in total. The molecule has 1 fully saturated rings. The second-order valence-electron chi connectivity index (χ2n) is 9.09. The van der Waals surface area contributed by atoms with Gasteiger partial charge in [0.2, 0.25) is 0 Å². The molecule has 0 radical (unpaired) electrons. The first kappa shape index (κ1) is 29.0. The quantitative estimate of drug-likeness (QED) is 0.264. The molecule has 1 aromatic carbocycles. The van der Waals surface area contributed by atoms with E-state index < -0.39 is 5.60 Å². The van der Waals surface area contributed by atoms with Gasteiger partial charge in [0.25, 0.3) is 5.91 Å². The fraction of sp³-hybridized carbons (Fsp3) is 0.625. The van der Waals surface area contributed by atoms with E-state index in [1.807, 2.05) is 52.0 Å². The lowest BCUT2D eigenvalue weighted by atomic mass is 9.97. The smallest absolute Gasteiger partial charge is 0.410 e. The van der Waals surface area contributed by atoms with Gasteiger partial charge in [-0.3, -0.25) is 9.79 Å². The van der Waals surface area contributed by atoms with Crippen LogP contribution in [0, 0.1) is 5.92 Å². The number of nitrogens with zero attached hydrogens (tertiary/aromatic N) is 2. The van der Waals surface area contributed by atoms with Crippen LogP contribution in [0.4, 0.5) is 4.79 Å². The van der Waals surface area contributed by atoms with Crippen LogP contribution in [0.3, 0.4) is 0 Å². The average molecular weight is 574 g/mol. The van der Waals surface area contributed by atoms with Crippen molar-refractivity contribution in [2.75, 3.05) is 39.8 Å². The molecule has 2 rings (SSSR count). The lowest BCUT2D eigenvalue weighted by Gasteiger charge is -2.33. The molecule has 0 saturated carbocycles. The van der Waals surface area contributed by atoms with Gasteiger partial charge >= 0.3 is 6.09 Å². The van der Waals surface area contributed by atoms with Gasteiger partial charge in [-0.25, -0.2) is 4.79 Å². The molecule has 0 unspecified atom stereocenters. The van der Waals surface area contributed by atoms with Crippen molar-refractivity contribution in [3.63, 3.8) is 0 Å². The van der Waals surface area contributed by atoms with E-state index in [1.54, 1.807) is 11.9 Å². The first-order valence-corrected chi connectivity index (χ1v) is 11.5. The maximum atomic E-state index is 12.2. The number of carbonyl (C=O) groups is 2. The maximum absolute atomic E-state index is 12.2. The summed E-state index contributed by atoms with van der Waals surface area (Å²) in [5, 5.41) is 9.32. The zero-order chi connectivity index (χ0) is 23.6. The first-order chi connectivity index (χ1) is 15.2. The molecule has 0 aliphatic carbocycles. The van der Waals surface area contributed by atoms with Crippen molar-refractivity contribution in [1.82, 2.24) is 20.9 Å². The Bertz CT molecular complexity index is 787. The van der Waals surface area contributed by atoms with Gasteiger partial charge in [-0.15, -0.1) is 24.0 Å². The summed E-state index contributed by atoms with van der Waals surface area (Å²) in [7, 11) is 1.64. The Balaban J connectivity index is 0.00000544. The number of hydrogen-bond donors (Lipinski definition) is 3. The predicted molar refractivity (Wildman–Crippen MR) is 143 cm³/mol. The Kier molecular flexibility index (Phi) is 12.5. The molecule has 1 aliphatic rings. The third kappa shape index (κ3) is 10.6. The molecule has 1 aliphatic heterocycles. The predicted octanol–water partition coefficient (Wildman–Crippen LogP) is 3.41. The van der Waals surface area contributed by atoms with Crippen LogP contribution in [0.15, 0.2) is 29.3 Å². The third-order valence-corrected chi connectivity index (χ3v) is 5.24. The largest absolute Gasteiger partial charge is 0.444 e. The molecule has 1 aromatic rings. The van der Waals surface area contributed by atoms with E-state index in [2.05, 4.69) is 16.0 Å². The van der Waals surface area contributed by atoms with Crippen molar-refractivity contribution in [3.8, 4) is 0 Å². The Morgan fingerprint density at radius 3 is 2.48 bits per heavy atom. The van der Waals surface area contributed by atoms with Crippen LogP contribution < -0.4 is 16.0 Å². The molecule has 9 heteroatoms. The summed E-state index contributed by atoms with van der Waals surface area (Å²) in [5.41, 5.74) is 1.31. The molecule has 8 nitrogen and oxygen atoms in total. The van der Waals surface area contributed by atoms with Crippen molar-refractivity contribution in [2.24, 2.45) is 10.9 Å². The molecule has 0 spiro atoms. The number of amides is 2. The fourth-order valence-electron chi connectivity index (χ4n) is 3.52. The molecule has 2 amide bonds. The number of hydrogen-bond acceptors (Lipinski definition) is 4. The Labute approximate surface area is 215 Å². The van der Waals surface area contributed by atoms with Gasteiger partial charge in [0.05, 0.1) is 0 Å². The minimum atomic E-state index is -0.464. The van der Waals surface area contributed by atoms with Gasteiger partial charge in [0, 0.05) is 45.3 Å². The number of aliphatic imine (C=N–C) groups is 1. The van der Waals surface area contributed by atoms with Gasteiger partial charge < -0.3 is 25.6 Å². The fourth-order valence-corrected chi connectivity index (χ4v) is 3.52. The van der Waals surface area contributed by atoms with Crippen molar-refractivity contribution in [2.45, 2.75) is 52.6 Å². The molecule has 33 heavy (non-hydrogen) atoms. The molecule has 186 valence electrons. The number of piperidine rings is 1. The highest BCUT2D eigenvalue weighted by atomic mass is 127. The van der Waals surface area contributed by atoms with Crippen LogP contribution in [0.1, 0.15) is 56.5 Å². The molecular weight excluding hydrogens is 533 g/mol. The number of rotatable bonds is 7. The summed E-state index contributed by atoms with van der Waals surface area (Å²) in [6.45, 7) is 11.4. The van der Waals surface area contributed by atoms with Gasteiger partial charge in [-0.05, 0) is 70.6 Å². The van der Waals surface area contributed by atoms with Crippen LogP contribution in [0.2, 0.25) is 0 Å². The summed E-state index contributed by atoms with van der Waals surface area (Å²) < 4.78 is 5.47. The third-order valence-electron chi connectivity index (χ3n) is 5.24. The zero-order valence-electron chi connectivity index (χ0n) is 20.6. The average Bonchev–Trinajstić information content (AvgIpc) is 2.76. The molecular formula is C24H40IN5O3. The Morgan fingerprint density at radius 1 is 1.18 bits per heavy atom. The van der Waals surface area contributed by atoms with E-state index in [4.69, 9.17) is 9.73 Å². The van der Waals surface area contributed by atoms with Gasteiger partial charge in [0.1, 0.15) is 5.60 Å². The molecule has 0 aromatic heterocycles. The maximum Gasteiger partial charge on any atom is 0.410 e. The highest BCUT2D eigenvalue weighted by Gasteiger charge is 2.26. The van der Waals surface area contributed by atoms with Crippen LogP contribution >= 0.6 is 24.0 Å². The highest BCUT2D eigenvalue weighted by molar-refractivity contribution is 14.0. The number of likely N-dealkylation sites (tertiary alicyclic amines) is 1. The number of nitrogens with one attached hydrogen (secondary N) is 3. The number of halogens is 1. The van der Waals surface area contributed by atoms with E-state index in [1.165, 1.54) is 0 Å². The minimum absolute atomic E-state index is 0. The summed E-state index contributed by atoms with van der Waals surface area (Å²) in [6, 6.07) is 7.66. The number of ether oxygens (including phenoxy) is 1. The molecule has 1 heterocycles. The molecule has 1 saturated heterocycles. The zero-order valence-corrected chi connectivity index (χ0v) is 22.9. The second-order valence-corrected chi connectivity index (χ2v) is 9.09. The van der Waals surface area contributed by atoms with Crippen LogP contribution in [0.25, 0.3) is 0 Å². The highest BCUT2D eigenvalue weighted by Crippen LogP contribution is 2.20. The van der Waals surface area contributed by atoms with Crippen molar-refractivity contribution >= 4 is 41.9 Å². The summed E-state index contributed by atoms with van der Waals surface area (Å²) in [5.74, 6) is 1.17. The number of carbonyl (C=O) groups excluding carboxylic acids is 2. The lowest BCUT2D eigenvalue weighted by Crippen LogP contribution is -2.42. The lowest BCUT2D eigenvalue weighted by molar-refractivity contribution is 0.0187. The normalized spacial score (nSPS) is 14.8. The number of guanidine groups is 1. The second kappa shape index (κ2) is 14.3. The minimum Gasteiger partial charge on any atom is -0.444 e. The van der Waals surface area contributed by atoms with Crippen molar-refractivity contribution in [3.05, 3.63) is 35.4 Å². The summed E-state index contributed by atoms with van der Waals surface area (Å²) in [4.78, 5) is 30.6. The van der Waals surface area contributed by atoms with Crippen LogP contribution in [0.5, 0.6) is 0 Å². The van der Waals surface area contributed by atoms with Crippen LogP contribution in [-0.4, -0.2) is 68.2 Å². The van der Waals surface area contributed by atoms with Gasteiger partial charge in [-0.1, -0.05) is 12.1 Å². The Hall–Kier alpha value is -2.04. The molecule has 0 atom stereocenters. The number of benzene rings is 1. The monoisotopic (exact) mass is 573 g/mol. The van der Waals surface area contributed by atoms with E-state index in [-0.39, 0.29) is 36.0 Å².